The van der Waals surface area contributed by atoms with Crippen molar-refractivity contribution in [1.82, 2.24) is 9.78 Å². The van der Waals surface area contributed by atoms with Gasteiger partial charge in [0, 0.05) is 17.7 Å². The minimum atomic E-state index is 0.384. The van der Waals surface area contributed by atoms with Gasteiger partial charge in [-0.25, -0.2) is 0 Å². The fraction of sp³-hybridized carbons (Fsp3) is 0.625. The second-order valence-corrected chi connectivity index (χ2v) is 3.35. The maximum absolute atomic E-state index is 8.11. The van der Waals surface area contributed by atoms with E-state index in [1.54, 1.807) is 6.20 Å². The number of hydrogen-bond acceptors (Lipinski definition) is 2. The van der Waals surface area contributed by atoms with E-state index in [4.69, 9.17) is 5.53 Å². The van der Waals surface area contributed by atoms with E-state index in [-0.39, 0.29) is 0 Å². The van der Waals surface area contributed by atoms with Crippen LogP contribution >= 0.6 is 0 Å². The van der Waals surface area contributed by atoms with Crippen molar-refractivity contribution >= 4 is 0 Å². The van der Waals surface area contributed by atoms with Gasteiger partial charge in [-0.15, -0.1) is 0 Å². The molecule has 13 heavy (non-hydrogen) atoms. The Kier molecular flexibility index (Phi) is 3.34. The van der Waals surface area contributed by atoms with Gasteiger partial charge in [0.25, 0.3) is 0 Å². The molecule has 1 aromatic rings. The Morgan fingerprint density at radius 3 is 3.08 bits per heavy atom. The zero-order valence-corrected chi connectivity index (χ0v) is 7.88. The molecule has 0 aliphatic heterocycles. The second kappa shape index (κ2) is 4.52. The molecule has 0 saturated heterocycles. The summed E-state index contributed by atoms with van der Waals surface area (Å²) < 4.78 is 1.87. The van der Waals surface area contributed by atoms with Gasteiger partial charge in [0.05, 0.1) is 12.7 Å². The van der Waals surface area contributed by atoms with Gasteiger partial charge >= 0.3 is 0 Å². The van der Waals surface area contributed by atoms with Gasteiger partial charge in [-0.1, -0.05) is 19.0 Å². The molecule has 5 heteroatoms. The fourth-order valence-corrected chi connectivity index (χ4v) is 1.08. The Hall–Kier alpha value is -1.48. The van der Waals surface area contributed by atoms with Crippen LogP contribution in [0.4, 0.5) is 0 Å². The minimum Gasteiger partial charge on any atom is -0.272 e. The number of azide groups is 1. The first-order chi connectivity index (χ1) is 6.22. The van der Waals surface area contributed by atoms with E-state index in [9.17, 15) is 0 Å². The van der Waals surface area contributed by atoms with E-state index < -0.39 is 0 Å². The number of nitrogens with zero attached hydrogens (tertiary/aromatic N) is 5. The van der Waals surface area contributed by atoms with Crippen molar-refractivity contribution in [3.63, 3.8) is 0 Å². The van der Waals surface area contributed by atoms with Crippen molar-refractivity contribution in [2.45, 2.75) is 26.9 Å². The molecular weight excluding hydrogens is 166 g/mol. The van der Waals surface area contributed by atoms with E-state index >= 15 is 0 Å². The lowest BCUT2D eigenvalue weighted by molar-refractivity contribution is 0.483. The lowest BCUT2D eigenvalue weighted by atomic mass is 10.2. The average Bonchev–Trinajstić information content (AvgIpc) is 2.48. The first-order valence-electron chi connectivity index (χ1n) is 4.24. The van der Waals surface area contributed by atoms with Crippen LogP contribution in [0.15, 0.2) is 17.5 Å². The highest BCUT2D eigenvalue weighted by Gasteiger charge is 1.99. The van der Waals surface area contributed by atoms with Gasteiger partial charge in [-0.05, 0) is 17.0 Å². The summed E-state index contributed by atoms with van der Waals surface area (Å²) in [5.74, 6) is 0.576. The predicted molar refractivity (Wildman–Crippen MR) is 49.9 cm³/mol. The highest BCUT2D eigenvalue weighted by Crippen LogP contribution is 2.03. The molecule has 0 amide bonds. The standard InChI is InChI=1S/C8H13N5/c1-7(2)5-13-6-8(4-11-13)3-10-12-9/h4,6-7H,3,5H2,1-2H3. The Bertz CT molecular complexity index is 308. The molecule has 1 aromatic heterocycles. The molecule has 0 spiro atoms. The van der Waals surface area contributed by atoms with E-state index in [1.807, 2.05) is 10.9 Å². The van der Waals surface area contributed by atoms with E-state index in [1.165, 1.54) is 0 Å². The summed E-state index contributed by atoms with van der Waals surface area (Å²) in [5, 5.41) is 7.60. The van der Waals surface area contributed by atoms with Gasteiger partial charge < -0.3 is 0 Å². The third-order valence-electron chi connectivity index (χ3n) is 1.56. The molecule has 1 rings (SSSR count). The lowest BCUT2D eigenvalue weighted by Crippen LogP contribution is -2.04. The molecule has 0 bridgehead atoms. The normalized spacial score (nSPS) is 10.1. The monoisotopic (exact) mass is 179 g/mol. The largest absolute Gasteiger partial charge is 0.272 e. The number of aromatic nitrogens is 2. The summed E-state index contributed by atoms with van der Waals surface area (Å²) in [6, 6.07) is 0. The van der Waals surface area contributed by atoms with Crippen molar-refractivity contribution in [2.75, 3.05) is 0 Å². The van der Waals surface area contributed by atoms with Crippen molar-refractivity contribution in [3.05, 3.63) is 28.4 Å². The molecule has 0 aliphatic carbocycles. The summed E-state index contributed by atoms with van der Waals surface area (Å²) in [6.07, 6.45) is 3.64. The second-order valence-electron chi connectivity index (χ2n) is 3.35. The van der Waals surface area contributed by atoms with Gasteiger partial charge in [0.1, 0.15) is 0 Å². The van der Waals surface area contributed by atoms with E-state index in [2.05, 4.69) is 29.0 Å². The van der Waals surface area contributed by atoms with E-state index in [0.717, 1.165) is 12.1 Å². The Morgan fingerprint density at radius 2 is 2.46 bits per heavy atom. The Labute approximate surface area is 77.0 Å². The Balaban J connectivity index is 2.58. The molecule has 0 N–H and O–H groups in total. The molecular formula is C8H13N5. The quantitative estimate of drug-likeness (QED) is 0.397. The topological polar surface area (TPSA) is 66.6 Å². The Morgan fingerprint density at radius 1 is 1.69 bits per heavy atom. The summed E-state index contributed by atoms with van der Waals surface area (Å²) in [6.45, 7) is 5.55. The highest BCUT2D eigenvalue weighted by molar-refractivity contribution is 5.03. The van der Waals surface area contributed by atoms with Crippen molar-refractivity contribution in [3.8, 4) is 0 Å². The number of hydrogen-bond donors (Lipinski definition) is 0. The van der Waals surface area contributed by atoms with Gasteiger partial charge in [0.2, 0.25) is 0 Å². The van der Waals surface area contributed by atoms with Crippen molar-refractivity contribution < 1.29 is 0 Å². The SMILES string of the molecule is CC(C)Cn1cc(CN=[N+]=[N-])cn1. The maximum Gasteiger partial charge on any atom is 0.0541 e. The van der Waals surface area contributed by atoms with Crippen LogP contribution in [-0.4, -0.2) is 9.78 Å². The van der Waals surface area contributed by atoms with Gasteiger partial charge in [-0.3, -0.25) is 4.68 Å². The highest BCUT2D eigenvalue weighted by atomic mass is 15.3. The molecule has 0 aromatic carbocycles. The summed E-state index contributed by atoms with van der Waals surface area (Å²) in [7, 11) is 0. The molecule has 1 heterocycles. The predicted octanol–water partition coefficient (Wildman–Crippen LogP) is 2.35. The lowest BCUT2D eigenvalue weighted by Gasteiger charge is -2.02. The third kappa shape index (κ3) is 3.17. The van der Waals surface area contributed by atoms with Gasteiger partial charge in [-0.2, -0.15) is 5.10 Å². The summed E-state index contributed by atoms with van der Waals surface area (Å²) in [5.41, 5.74) is 9.07. The van der Waals surface area contributed by atoms with Crippen LogP contribution in [0.25, 0.3) is 10.4 Å². The minimum absolute atomic E-state index is 0.384. The van der Waals surface area contributed by atoms with Crippen LogP contribution in [0.3, 0.4) is 0 Å². The molecule has 0 atom stereocenters. The molecule has 0 fully saturated rings. The zero-order chi connectivity index (χ0) is 9.68. The van der Waals surface area contributed by atoms with E-state index in [0.29, 0.717) is 12.5 Å². The smallest absolute Gasteiger partial charge is 0.0541 e. The van der Waals surface area contributed by atoms with Crippen molar-refractivity contribution in [2.24, 2.45) is 11.0 Å². The summed E-state index contributed by atoms with van der Waals surface area (Å²) >= 11 is 0. The van der Waals surface area contributed by atoms with Crippen molar-refractivity contribution in [1.29, 1.82) is 0 Å². The first kappa shape index (κ1) is 9.61. The third-order valence-corrected chi connectivity index (χ3v) is 1.56. The van der Waals surface area contributed by atoms with Crippen LogP contribution < -0.4 is 0 Å². The van der Waals surface area contributed by atoms with Crippen LogP contribution in [-0.2, 0) is 13.1 Å². The molecule has 0 unspecified atom stereocenters. The number of rotatable bonds is 4. The average molecular weight is 179 g/mol. The molecule has 0 saturated carbocycles. The maximum atomic E-state index is 8.11. The fourth-order valence-electron chi connectivity index (χ4n) is 1.08. The summed E-state index contributed by atoms with van der Waals surface area (Å²) in [4.78, 5) is 2.69. The van der Waals surface area contributed by atoms with Crippen LogP contribution in [0.2, 0.25) is 0 Å². The van der Waals surface area contributed by atoms with Gasteiger partial charge in [0.15, 0.2) is 0 Å². The van der Waals surface area contributed by atoms with Crippen LogP contribution in [0.1, 0.15) is 19.4 Å². The molecule has 0 aliphatic rings. The zero-order valence-electron chi connectivity index (χ0n) is 7.88. The first-order valence-corrected chi connectivity index (χ1v) is 4.24. The van der Waals surface area contributed by atoms with Crippen LogP contribution in [0.5, 0.6) is 0 Å². The molecule has 0 radical (unpaired) electrons. The molecule has 70 valence electrons. The van der Waals surface area contributed by atoms with Crippen LogP contribution in [0, 0.1) is 5.92 Å². The molecule has 5 nitrogen and oxygen atoms in total.